The van der Waals surface area contributed by atoms with Gasteiger partial charge in [0.05, 0.1) is 23.5 Å². The average Bonchev–Trinajstić information content (AvgIpc) is 2.37. The highest BCUT2D eigenvalue weighted by Crippen LogP contribution is 2.34. The third kappa shape index (κ3) is 3.67. The van der Waals surface area contributed by atoms with Crippen molar-refractivity contribution in [2.75, 3.05) is 5.32 Å². The fourth-order valence-electron chi connectivity index (χ4n) is 1.96. The van der Waals surface area contributed by atoms with Crippen LogP contribution in [-0.2, 0) is 0 Å². The summed E-state index contributed by atoms with van der Waals surface area (Å²) in [6, 6.07) is 10.5. The van der Waals surface area contributed by atoms with Gasteiger partial charge in [0, 0.05) is 0 Å². The van der Waals surface area contributed by atoms with Gasteiger partial charge in [-0.2, -0.15) is 0 Å². The topological polar surface area (TPSA) is 37.8 Å². The van der Waals surface area contributed by atoms with Gasteiger partial charge in [0.15, 0.2) is 0 Å². The van der Waals surface area contributed by atoms with Crippen molar-refractivity contribution in [1.29, 1.82) is 0 Å². The van der Waals surface area contributed by atoms with Crippen LogP contribution in [0.25, 0.3) is 0 Å². The van der Waals surface area contributed by atoms with Gasteiger partial charge >= 0.3 is 0 Å². The fraction of sp³-hybridized carbons (Fsp3) is 0.333. The van der Waals surface area contributed by atoms with Crippen molar-refractivity contribution in [3.05, 3.63) is 53.3 Å². The van der Waals surface area contributed by atoms with E-state index < -0.39 is 0 Å². The first kappa shape index (κ1) is 13.8. The number of benzene rings is 1. The Bertz CT molecular complexity index is 517. The minimum Gasteiger partial charge on any atom is -0.347 e. The van der Waals surface area contributed by atoms with E-state index in [2.05, 4.69) is 48.2 Å². The second-order valence-corrected chi connectivity index (χ2v) is 6.02. The van der Waals surface area contributed by atoms with E-state index in [9.17, 15) is 0 Å². The molecule has 0 saturated carbocycles. The van der Waals surface area contributed by atoms with E-state index in [0.717, 1.165) is 0 Å². The summed E-state index contributed by atoms with van der Waals surface area (Å²) in [4.78, 5) is 8.41. The number of halogens is 1. The first-order valence-electron chi connectivity index (χ1n) is 6.26. The number of aromatic nitrogens is 2. The number of anilines is 1. The lowest BCUT2D eigenvalue weighted by Gasteiger charge is -2.32. The number of rotatable bonds is 3. The monoisotopic (exact) mass is 275 g/mol. The zero-order chi connectivity index (χ0) is 13.9. The SMILES string of the molecule is CC(C)(C)C(Nc1ncc(Cl)cn1)c1ccccc1. The van der Waals surface area contributed by atoms with Crippen LogP contribution in [0.1, 0.15) is 32.4 Å². The van der Waals surface area contributed by atoms with E-state index in [1.165, 1.54) is 5.56 Å². The summed E-state index contributed by atoms with van der Waals surface area (Å²) in [5.74, 6) is 0.591. The molecule has 0 spiro atoms. The smallest absolute Gasteiger partial charge is 0.223 e. The minimum absolute atomic E-state index is 0.0460. The molecule has 19 heavy (non-hydrogen) atoms. The van der Waals surface area contributed by atoms with Crippen LogP contribution in [-0.4, -0.2) is 9.97 Å². The van der Waals surface area contributed by atoms with Gasteiger partial charge in [-0.25, -0.2) is 9.97 Å². The quantitative estimate of drug-likeness (QED) is 0.906. The van der Waals surface area contributed by atoms with Crippen LogP contribution in [0.4, 0.5) is 5.95 Å². The highest BCUT2D eigenvalue weighted by molar-refractivity contribution is 6.30. The molecule has 1 heterocycles. The molecule has 0 saturated heterocycles. The predicted molar refractivity (Wildman–Crippen MR) is 79.3 cm³/mol. The molecule has 0 aliphatic carbocycles. The van der Waals surface area contributed by atoms with Crippen LogP contribution >= 0.6 is 11.6 Å². The second-order valence-electron chi connectivity index (χ2n) is 5.58. The maximum absolute atomic E-state index is 5.80. The van der Waals surface area contributed by atoms with Crippen LogP contribution in [0.15, 0.2) is 42.7 Å². The van der Waals surface area contributed by atoms with Crippen molar-refractivity contribution >= 4 is 17.5 Å². The van der Waals surface area contributed by atoms with Gasteiger partial charge in [-0.15, -0.1) is 0 Å². The molecule has 0 bridgehead atoms. The highest BCUT2D eigenvalue weighted by Gasteiger charge is 2.26. The summed E-state index contributed by atoms with van der Waals surface area (Å²) in [5.41, 5.74) is 1.26. The van der Waals surface area contributed by atoms with E-state index in [1.54, 1.807) is 12.4 Å². The molecule has 2 aromatic rings. The lowest BCUT2D eigenvalue weighted by molar-refractivity contribution is 0.346. The predicted octanol–water partition coefficient (Wildman–Crippen LogP) is 4.33. The molecule has 100 valence electrons. The summed E-state index contributed by atoms with van der Waals surface area (Å²) in [6.07, 6.45) is 3.20. The molecule has 0 radical (unpaired) electrons. The molecular weight excluding hydrogens is 258 g/mol. The Hall–Kier alpha value is -1.61. The first-order valence-corrected chi connectivity index (χ1v) is 6.63. The highest BCUT2D eigenvalue weighted by atomic mass is 35.5. The van der Waals surface area contributed by atoms with Crippen molar-refractivity contribution in [2.45, 2.75) is 26.8 Å². The Morgan fingerprint density at radius 1 is 1.05 bits per heavy atom. The maximum Gasteiger partial charge on any atom is 0.223 e. The Morgan fingerprint density at radius 3 is 2.16 bits per heavy atom. The Labute approximate surface area is 119 Å². The lowest BCUT2D eigenvalue weighted by Crippen LogP contribution is -2.26. The van der Waals surface area contributed by atoms with Gasteiger partial charge in [-0.05, 0) is 11.0 Å². The van der Waals surface area contributed by atoms with Crippen molar-refractivity contribution in [1.82, 2.24) is 9.97 Å². The number of hydrogen-bond acceptors (Lipinski definition) is 3. The van der Waals surface area contributed by atoms with Crippen molar-refractivity contribution in [3.63, 3.8) is 0 Å². The van der Waals surface area contributed by atoms with Crippen molar-refractivity contribution in [3.8, 4) is 0 Å². The standard InChI is InChI=1S/C15H18ClN3/c1-15(2,3)13(11-7-5-4-6-8-11)19-14-17-9-12(16)10-18-14/h4-10,13H,1-3H3,(H,17,18,19). The molecule has 0 aliphatic rings. The molecule has 0 aliphatic heterocycles. The van der Waals surface area contributed by atoms with Gasteiger partial charge in [0.1, 0.15) is 0 Å². The van der Waals surface area contributed by atoms with Gasteiger partial charge < -0.3 is 5.32 Å². The van der Waals surface area contributed by atoms with E-state index in [1.807, 2.05) is 18.2 Å². The zero-order valence-electron chi connectivity index (χ0n) is 11.4. The molecule has 2 rings (SSSR count). The number of nitrogens with one attached hydrogen (secondary N) is 1. The van der Waals surface area contributed by atoms with Gasteiger partial charge in [-0.3, -0.25) is 0 Å². The van der Waals surface area contributed by atoms with Gasteiger partial charge in [-0.1, -0.05) is 62.7 Å². The Kier molecular flexibility index (Phi) is 4.05. The lowest BCUT2D eigenvalue weighted by atomic mass is 9.82. The summed E-state index contributed by atoms with van der Waals surface area (Å²) < 4.78 is 0. The van der Waals surface area contributed by atoms with E-state index >= 15 is 0 Å². The third-order valence-corrected chi connectivity index (χ3v) is 3.09. The second kappa shape index (κ2) is 5.57. The Balaban J connectivity index is 2.27. The van der Waals surface area contributed by atoms with E-state index in [-0.39, 0.29) is 11.5 Å². The molecule has 1 N–H and O–H groups in total. The average molecular weight is 276 g/mol. The summed E-state index contributed by atoms with van der Waals surface area (Å²) in [5, 5.41) is 3.92. The van der Waals surface area contributed by atoms with Crippen LogP contribution in [0.2, 0.25) is 5.02 Å². The first-order chi connectivity index (χ1) is 8.97. The van der Waals surface area contributed by atoms with Gasteiger partial charge in [0.25, 0.3) is 0 Å². The molecule has 1 atom stereocenters. The molecule has 1 aromatic carbocycles. The molecule has 0 fully saturated rings. The minimum atomic E-state index is 0.0460. The molecule has 3 nitrogen and oxygen atoms in total. The molecule has 1 unspecified atom stereocenters. The fourth-order valence-corrected chi connectivity index (χ4v) is 2.06. The van der Waals surface area contributed by atoms with Crippen LogP contribution < -0.4 is 5.32 Å². The van der Waals surface area contributed by atoms with Gasteiger partial charge in [0.2, 0.25) is 5.95 Å². The summed E-state index contributed by atoms with van der Waals surface area (Å²) >= 11 is 5.80. The largest absolute Gasteiger partial charge is 0.347 e. The van der Waals surface area contributed by atoms with Crippen molar-refractivity contribution in [2.24, 2.45) is 5.41 Å². The molecule has 4 heteroatoms. The van der Waals surface area contributed by atoms with Crippen LogP contribution in [0.3, 0.4) is 0 Å². The zero-order valence-corrected chi connectivity index (χ0v) is 12.1. The third-order valence-electron chi connectivity index (χ3n) is 2.89. The van der Waals surface area contributed by atoms with E-state index in [4.69, 9.17) is 11.6 Å². The molecule has 1 aromatic heterocycles. The summed E-state index contributed by atoms with van der Waals surface area (Å²) in [6.45, 7) is 6.56. The molecule has 0 amide bonds. The maximum atomic E-state index is 5.80. The van der Waals surface area contributed by atoms with Crippen LogP contribution in [0, 0.1) is 5.41 Å². The Morgan fingerprint density at radius 2 is 1.63 bits per heavy atom. The van der Waals surface area contributed by atoms with Crippen molar-refractivity contribution < 1.29 is 0 Å². The molecular formula is C15H18ClN3. The normalized spacial score (nSPS) is 13.1. The summed E-state index contributed by atoms with van der Waals surface area (Å²) in [7, 11) is 0. The van der Waals surface area contributed by atoms with E-state index in [0.29, 0.717) is 11.0 Å². The van der Waals surface area contributed by atoms with Crippen LogP contribution in [0.5, 0.6) is 0 Å². The number of nitrogens with zero attached hydrogens (tertiary/aromatic N) is 2. The number of hydrogen-bond donors (Lipinski definition) is 1.